The molecule has 1 atom stereocenters. The van der Waals surface area contributed by atoms with E-state index in [1.165, 1.54) is 0 Å². The van der Waals surface area contributed by atoms with Gasteiger partial charge in [-0.15, -0.1) is 0 Å². The molecule has 5 rings (SSSR count). The summed E-state index contributed by atoms with van der Waals surface area (Å²) < 4.78 is 5.77. The number of para-hydroxylation sites is 1. The van der Waals surface area contributed by atoms with Gasteiger partial charge in [0.05, 0.1) is 45.2 Å². The van der Waals surface area contributed by atoms with Crippen molar-refractivity contribution in [2.24, 2.45) is 0 Å². The molecule has 0 bridgehead atoms. The summed E-state index contributed by atoms with van der Waals surface area (Å²) in [5.41, 5.74) is 4.31. The predicted octanol–water partition coefficient (Wildman–Crippen LogP) is 6.70. The first-order valence-electron chi connectivity index (χ1n) is 12.0. The Morgan fingerprint density at radius 1 is 1.08 bits per heavy atom. The second kappa shape index (κ2) is 10.3. The highest BCUT2D eigenvalue weighted by atomic mass is 35.5. The summed E-state index contributed by atoms with van der Waals surface area (Å²) >= 11 is 12.8. The second-order valence-electron chi connectivity index (χ2n) is 8.55. The van der Waals surface area contributed by atoms with Crippen molar-refractivity contribution in [3.63, 3.8) is 0 Å². The lowest BCUT2D eigenvalue weighted by Crippen LogP contribution is -2.34. The van der Waals surface area contributed by atoms with Crippen molar-refractivity contribution in [1.82, 2.24) is 15.3 Å². The van der Waals surface area contributed by atoms with Crippen LogP contribution < -0.4 is 15.0 Å². The lowest BCUT2D eigenvalue weighted by molar-refractivity contribution is 0.0925. The summed E-state index contributed by atoms with van der Waals surface area (Å²) in [6.45, 7) is 6.15. The number of fused-ring (bicyclic) bond motifs is 2. The van der Waals surface area contributed by atoms with Gasteiger partial charge in [0.1, 0.15) is 5.75 Å². The molecule has 6 nitrogen and oxygen atoms in total. The van der Waals surface area contributed by atoms with Crippen LogP contribution in [0.25, 0.3) is 22.2 Å². The highest BCUT2D eigenvalue weighted by molar-refractivity contribution is 6.43. The van der Waals surface area contributed by atoms with Crippen LogP contribution in [0.2, 0.25) is 10.0 Å². The zero-order valence-corrected chi connectivity index (χ0v) is 21.6. The Labute approximate surface area is 220 Å². The number of ether oxygens (including phenoxy) is 1. The number of carbonyl (C=O) groups excluding carboxylic acids is 1. The molecular formula is C28H26Cl2N4O2. The van der Waals surface area contributed by atoms with Crippen LogP contribution in [0.5, 0.6) is 5.75 Å². The van der Waals surface area contributed by atoms with Gasteiger partial charge < -0.3 is 15.0 Å². The summed E-state index contributed by atoms with van der Waals surface area (Å²) in [7, 11) is 0. The molecule has 2 aromatic carbocycles. The van der Waals surface area contributed by atoms with Crippen LogP contribution in [0, 0.1) is 0 Å². The molecule has 0 fully saturated rings. The SMILES string of the molecule is CCN(CC)c1c(C(=O)N[C@H]2CCOc3ccccc32)cnc2c(-c3cccc(Cl)c3Cl)nccc12. The number of nitrogens with zero attached hydrogens (tertiary/aromatic N) is 3. The van der Waals surface area contributed by atoms with Crippen LogP contribution in [0.1, 0.15) is 42.2 Å². The molecule has 0 saturated heterocycles. The quantitative estimate of drug-likeness (QED) is 0.306. The molecule has 8 heteroatoms. The molecule has 0 aliphatic carbocycles. The Kier molecular flexibility index (Phi) is 6.99. The fourth-order valence-corrected chi connectivity index (χ4v) is 5.16. The fourth-order valence-electron chi connectivity index (χ4n) is 4.77. The van der Waals surface area contributed by atoms with E-state index in [1.807, 2.05) is 42.5 Å². The van der Waals surface area contributed by atoms with E-state index in [0.29, 0.717) is 45.4 Å². The third-order valence-electron chi connectivity index (χ3n) is 6.55. The standard InChI is InChI=1S/C28H26Cl2N4O2/c1-3-34(4-2)27-19-12-14-31-25(18-9-7-10-21(29)24(18)30)26(19)32-16-20(27)28(35)33-22-13-15-36-23-11-6-5-8-17(22)23/h5-12,14,16,22H,3-4,13,15H2,1-2H3,(H,33,35)/t22-/m0/s1. The molecule has 2 aromatic heterocycles. The van der Waals surface area contributed by atoms with Crippen LogP contribution >= 0.6 is 23.2 Å². The number of amides is 1. The van der Waals surface area contributed by atoms with E-state index in [4.69, 9.17) is 32.9 Å². The smallest absolute Gasteiger partial charge is 0.255 e. The number of benzene rings is 2. The molecular weight excluding hydrogens is 495 g/mol. The van der Waals surface area contributed by atoms with Gasteiger partial charge in [-0.3, -0.25) is 14.8 Å². The number of hydrogen-bond acceptors (Lipinski definition) is 5. The summed E-state index contributed by atoms with van der Waals surface area (Å²) in [5, 5.41) is 4.93. The van der Waals surface area contributed by atoms with Gasteiger partial charge in [0.2, 0.25) is 0 Å². The lowest BCUT2D eigenvalue weighted by atomic mass is 9.99. The topological polar surface area (TPSA) is 67.4 Å². The van der Waals surface area contributed by atoms with Crippen molar-refractivity contribution in [1.29, 1.82) is 0 Å². The molecule has 4 aromatic rings. The number of nitrogens with one attached hydrogen (secondary N) is 1. The Balaban J connectivity index is 1.62. The van der Waals surface area contributed by atoms with Crippen LogP contribution in [0.3, 0.4) is 0 Å². The zero-order chi connectivity index (χ0) is 25.2. The largest absolute Gasteiger partial charge is 0.493 e. The molecule has 1 amide bonds. The van der Waals surface area contributed by atoms with Gasteiger partial charge in [0, 0.05) is 48.4 Å². The summed E-state index contributed by atoms with van der Waals surface area (Å²) in [4.78, 5) is 25.2. The van der Waals surface area contributed by atoms with Gasteiger partial charge in [0.15, 0.2) is 0 Å². The molecule has 1 aliphatic heterocycles. The highest BCUT2D eigenvalue weighted by Crippen LogP contribution is 2.39. The maximum atomic E-state index is 13.7. The monoisotopic (exact) mass is 520 g/mol. The second-order valence-corrected chi connectivity index (χ2v) is 9.34. The number of anilines is 1. The molecule has 0 unspecified atom stereocenters. The van der Waals surface area contributed by atoms with E-state index in [-0.39, 0.29) is 11.9 Å². The van der Waals surface area contributed by atoms with Crippen molar-refractivity contribution in [2.75, 3.05) is 24.6 Å². The average Bonchev–Trinajstić information content (AvgIpc) is 2.91. The first-order chi connectivity index (χ1) is 17.5. The fraction of sp³-hybridized carbons (Fsp3) is 0.250. The summed E-state index contributed by atoms with van der Waals surface area (Å²) in [6.07, 6.45) is 4.06. The molecule has 0 spiro atoms. The third kappa shape index (κ3) is 4.36. The number of hydrogen-bond donors (Lipinski definition) is 1. The molecule has 1 aliphatic rings. The summed E-state index contributed by atoms with van der Waals surface area (Å²) in [6, 6.07) is 15.0. The van der Waals surface area contributed by atoms with Crippen molar-refractivity contribution in [3.8, 4) is 17.0 Å². The maximum Gasteiger partial charge on any atom is 0.255 e. The normalized spacial score (nSPS) is 14.7. The van der Waals surface area contributed by atoms with Crippen LogP contribution in [-0.2, 0) is 0 Å². The number of pyridine rings is 2. The third-order valence-corrected chi connectivity index (χ3v) is 7.37. The molecule has 0 saturated carbocycles. The zero-order valence-electron chi connectivity index (χ0n) is 20.1. The minimum Gasteiger partial charge on any atom is -0.493 e. The van der Waals surface area contributed by atoms with Gasteiger partial charge in [-0.2, -0.15) is 0 Å². The Morgan fingerprint density at radius 2 is 1.89 bits per heavy atom. The van der Waals surface area contributed by atoms with Crippen LogP contribution in [0.15, 0.2) is 60.9 Å². The maximum absolute atomic E-state index is 13.7. The van der Waals surface area contributed by atoms with E-state index >= 15 is 0 Å². The van der Waals surface area contributed by atoms with E-state index in [1.54, 1.807) is 18.5 Å². The van der Waals surface area contributed by atoms with Crippen molar-refractivity contribution < 1.29 is 9.53 Å². The first-order valence-corrected chi connectivity index (χ1v) is 12.8. The average molecular weight is 521 g/mol. The van der Waals surface area contributed by atoms with Crippen molar-refractivity contribution in [3.05, 3.63) is 82.1 Å². The molecule has 1 N–H and O–H groups in total. The number of carbonyl (C=O) groups is 1. The number of rotatable bonds is 6. The highest BCUT2D eigenvalue weighted by Gasteiger charge is 2.27. The lowest BCUT2D eigenvalue weighted by Gasteiger charge is -2.29. The molecule has 3 heterocycles. The molecule has 0 radical (unpaired) electrons. The van der Waals surface area contributed by atoms with E-state index in [2.05, 4.69) is 29.0 Å². The molecule has 36 heavy (non-hydrogen) atoms. The van der Waals surface area contributed by atoms with Crippen molar-refractivity contribution in [2.45, 2.75) is 26.3 Å². The number of halogens is 2. The molecule has 184 valence electrons. The number of aromatic nitrogens is 2. The Morgan fingerprint density at radius 3 is 2.69 bits per heavy atom. The Hall–Kier alpha value is -3.35. The minimum atomic E-state index is -0.174. The van der Waals surface area contributed by atoms with Gasteiger partial charge in [-0.05, 0) is 32.0 Å². The van der Waals surface area contributed by atoms with Crippen molar-refractivity contribution >= 4 is 45.7 Å². The van der Waals surface area contributed by atoms with Crippen LogP contribution in [0.4, 0.5) is 5.69 Å². The summed E-state index contributed by atoms with van der Waals surface area (Å²) in [5.74, 6) is 0.635. The van der Waals surface area contributed by atoms with Gasteiger partial charge in [-0.1, -0.05) is 53.5 Å². The van der Waals surface area contributed by atoms with E-state index in [0.717, 1.165) is 35.5 Å². The Bertz CT molecular complexity index is 1440. The predicted molar refractivity (Wildman–Crippen MR) is 145 cm³/mol. The van der Waals surface area contributed by atoms with Gasteiger partial charge in [0.25, 0.3) is 5.91 Å². The van der Waals surface area contributed by atoms with Gasteiger partial charge in [-0.25, -0.2) is 0 Å². The van der Waals surface area contributed by atoms with E-state index < -0.39 is 0 Å². The van der Waals surface area contributed by atoms with Gasteiger partial charge >= 0.3 is 0 Å². The first kappa shape index (κ1) is 24.3. The van der Waals surface area contributed by atoms with E-state index in [9.17, 15) is 4.79 Å². The minimum absolute atomic E-state index is 0.138. The van der Waals surface area contributed by atoms with Crippen LogP contribution in [-0.4, -0.2) is 35.6 Å².